The van der Waals surface area contributed by atoms with Crippen molar-refractivity contribution in [3.63, 3.8) is 0 Å². The van der Waals surface area contributed by atoms with Gasteiger partial charge < -0.3 is 15.7 Å². The van der Waals surface area contributed by atoms with Crippen LogP contribution < -0.4 is 10.6 Å². The molecule has 0 aromatic heterocycles. The molecule has 8 heteroatoms. The van der Waals surface area contributed by atoms with E-state index in [0.717, 1.165) is 0 Å². The number of carboxylic acids is 1. The van der Waals surface area contributed by atoms with Gasteiger partial charge in [-0.2, -0.15) is 0 Å². The number of aliphatic carboxylic acids is 1. The van der Waals surface area contributed by atoms with E-state index in [2.05, 4.69) is 10.6 Å². The third-order valence-corrected chi connectivity index (χ3v) is 4.58. The second-order valence-corrected chi connectivity index (χ2v) is 6.81. The van der Waals surface area contributed by atoms with Crippen molar-refractivity contribution in [1.29, 1.82) is 0 Å². The molecule has 1 aliphatic rings. The highest BCUT2D eigenvalue weighted by Crippen LogP contribution is 2.24. The van der Waals surface area contributed by atoms with Gasteiger partial charge in [0.05, 0.1) is 0 Å². The monoisotopic (exact) mass is 378 g/mol. The zero-order valence-electron chi connectivity index (χ0n) is 15.0. The van der Waals surface area contributed by atoms with Gasteiger partial charge in [0.15, 0.2) is 0 Å². The molecule has 1 aliphatic carbocycles. The number of benzene rings is 1. The van der Waals surface area contributed by atoms with Gasteiger partial charge in [-0.05, 0) is 36.5 Å². The molecule has 0 bridgehead atoms. The highest BCUT2D eigenvalue weighted by molar-refractivity contribution is 5.90. The van der Waals surface area contributed by atoms with Gasteiger partial charge in [-0.1, -0.05) is 12.1 Å². The molecule has 27 heavy (non-hydrogen) atoms. The van der Waals surface area contributed by atoms with Gasteiger partial charge in [-0.3, -0.25) is 14.4 Å². The maximum atomic E-state index is 13.4. The summed E-state index contributed by atoms with van der Waals surface area (Å²) in [5.41, 5.74) is 0.489. The van der Waals surface area contributed by atoms with Gasteiger partial charge in [-0.15, -0.1) is 0 Å². The third-order valence-electron chi connectivity index (χ3n) is 4.58. The van der Waals surface area contributed by atoms with Crippen LogP contribution >= 0.6 is 0 Å². The molecule has 0 heterocycles. The molecule has 1 fully saturated rings. The number of Topliss-reactive ketones (excluding diaryl/α,β-unsaturated/α-hetero) is 1. The molecule has 1 aromatic carbocycles. The van der Waals surface area contributed by atoms with Crippen LogP contribution in [0, 0.1) is 11.7 Å². The number of carbonyl (C=O) groups is 4. The van der Waals surface area contributed by atoms with Crippen molar-refractivity contribution < 1.29 is 28.7 Å². The fraction of sp³-hybridized carbons (Fsp3) is 0.474. The number of rotatable bonds is 7. The lowest BCUT2D eigenvalue weighted by Gasteiger charge is -2.29. The number of carbonyl (C=O) groups excluding carboxylic acids is 3. The minimum atomic E-state index is -1.23. The van der Waals surface area contributed by atoms with Gasteiger partial charge in [0.2, 0.25) is 11.8 Å². The normalized spacial score (nSPS) is 19.0. The Bertz CT molecular complexity index is 737. The first-order valence-corrected chi connectivity index (χ1v) is 8.82. The molecule has 0 radical (unpaired) electrons. The first kappa shape index (κ1) is 20.5. The predicted octanol–water partition coefficient (Wildman–Crippen LogP) is 1.20. The zero-order chi connectivity index (χ0) is 20.0. The first-order valence-electron chi connectivity index (χ1n) is 8.82. The number of hydrogen-bond donors (Lipinski definition) is 3. The minimum Gasteiger partial charge on any atom is -0.480 e. The minimum absolute atomic E-state index is 0.0130. The largest absolute Gasteiger partial charge is 0.480 e. The average molecular weight is 378 g/mol. The topological polar surface area (TPSA) is 113 Å². The van der Waals surface area contributed by atoms with Crippen molar-refractivity contribution >= 4 is 23.6 Å². The van der Waals surface area contributed by atoms with Crippen molar-refractivity contribution in [3.8, 4) is 0 Å². The van der Waals surface area contributed by atoms with Crippen LogP contribution in [0.1, 0.15) is 38.2 Å². The van der Waals surface area contributed by atoms with Gasteiger partial charge in [-0.25, -0.2) is 9.18 Å². The van der Waals surface area contributed by atoms with E-state index >= 15 is 0 Å². The molecule has 0 unspecified atom stereocenters. The van der Waals surface area contributed by atoms with Crippen molar-refractivity contribution in [2.75, 3.05) is 0 Å². The van der Waals surface area contributed by atoms with Crippen LogP contribution in [-0.4, -0.2) is 40.8 Å². The van der Waals surface area contributed by atoms with Gasteiger partial charge in [0.1, 0.15) is 23.7 Å². The summed E-state index contributed by atoms with van der Waals surface area (Å²) in [6, 6.07) is 3.34. The van der Waals surface area contributed by atoms with E-state index in [0.29, 0.717) is 24.8 Å². The molecule has 0 aliphatic heterocycles. The molecule has 3 N–H and O–H groups in total. The van der Waals surface area contributed by atoms with E-state index in [1.54, 1.807) is 6.07 Å². The Hall–Kier alpha value is -2.77. The van der Waals surface area contributed by atoms with Crippen molar-refractivity contribution in [1.82, 2.24) is 10.6 Å². The summed E-state index contributed by atoms with van der Waals surface area (Å²) in [5.74, 6) is -3.36. The first-order chi connectivity index (χ1) is 12.8. The highest BCUT2D eigenvalue weighted by atomic mass is 19.1. The number of hydrogen-bond acceptors (Lipinski definition) is 4. The van der Waals surface area contributed by atoms with E-state index in [9.17, 15) is 28.7 Å². The van der Waals surface area contributed by atoms with E-state index in [-0.39, 0.29) is 18.6 Å². The van der Waals surface area contributed by atoms with Gasteiger partial charge in [0, 0.05) is 26.2 Å². The summed E-state index contributed by atoms with van der Waals surface area (Å²) in [5, 5.41) is 14.4. The molecule has 2 amide bonds. The lowest BCUT2D eigenvalue weighted by Crippen LogP contribution is -2.54. The third kappa shape index (κ3) is 6.16. The molecule has 2 rings (SSSR count). The zero-order valence-corrected chi connectivity index (χ0v) is 15.0. The lowest BCUT2D eigenvalue weighted by molar-refractivity contribution is -0.144. The molecule has 0 spiro atoms. The summed E-state index contributed by atoms with van der Waals surface area (Å²) in [6.45, 7) is 1.24. The molecule has 146 valence electrons. The molecule has 1 saturated carbocycles. The smallest absolute Gasteiger partial charge is 0.326 e. The highest BCUT2D eigenvalue weighted by Gasteiger charge is 2.35. The van der Waals surface area contributed by atoms with Crippen LogP contribution in [0.4, 0.5) is 4.39 Å². The quantitative estimate of drug-likeness (QED) is 0.660. The van der Waals surface area contributed by atoms with Crippen LogP contribution in [-0.2, 0) is 25.6 Å². The molecular weight excluding hydrogens is 355 g/mol. The number of nitrogens with one attached hydrogen (secondary N) is 2. The van der Waals surface area contributed by atoms with E-state index in [1.807, 2.05) is 0 Å². The Kier molecular flexibility index (Phi) is 7.04. The maximum Gasteiger partial charge on any atom is 0.326 e. The summed E-state index contributed by atoms with van der Waals surface area (Å²) in [4.78, 5) is 47.4. The summed E-state index contributed by atoms with van der Waals surface area (Å²) < 4.78 is 13.4. The second-order valence-electron chi connectivity index (χ2n) is 6.81. The average Bonchev–Trinajstić information content (AvgIpc) is 2.58. The fourth-order valence-corrected chi connectivity index (χ4v) is 3.33. The summed E-state index contributed by atoms with van der Waals surface area (Å²) in [7, 11) is 0. The number of halogens is 1. The number of amides is 2. The number of carboxylic acid groups (broad SMARTS) is 1. The Morgan fingerprint density at radius 3 is 2.63 bits per heavy atom. The van der Waals surface area contributed by atoms with Crippen molar-refractivity contribution in [2.45, 2.75) is 51.1 Å². The Balaban J connectivity index is 2.13. The van der Waals surface area contributed by atoms with E-state index < -0.39 is 41.6 Å². The van der Waals surface area contributed by atoms with Crippen LogP contribution in [0.15, 0.2) is 24.3 Å². The molecular formula is C19H23FN2O5. The van der Waals surface area contributed by atoms with Crippen LogP contribution in [0.25, 0.3) is 0 Å². The van der Waals surface area contributed by atoms with Crippen molar-refractivity contribution in [2.24, 2.45) is 5.92 Å². The maximum absolute atomic E-state index is 13.4. The Morgan fingerprint density at radius 2 is 2.04 bits per heavy atom. The molecule has 0 saturated heterocycles. The second kappa shape index (κ2) is 9.25. The Labute approximate surface area is 156 Å². The van der Waals surface area contributed by atoms with Gasteiger partial charge >= 0.3 is 5.97 Å². The molecule has 1 aromatic rings. The van der Waals surface area contributed by atoms with Gasteiger partial charge in [0.25, 0.3) is 0 Å². The fourth-order valence-electron chi connectivity index (χ4n) is 3.33. The Morgan fingerprint density at radius 1 is 1.30 bits per heavy atom. The predicted molar refractivity (Wildman–Crippen MR) is 94.2 cm³/mol. The SMILES string of the molecule is CC(=O)N[C@@H](Cc1cccc(F)c1)C(=O)N[C@@H](C(=O)O)[C@@H]1CCCC(=O)C1. The standard InChI is InChI=1S/C19H23FN2O5/c1-11(23)21-16(9-12-4-2-6-14(20)8-12)18(25)22-17(19(26)27)13-5-3-7-15(24)10-13/h2,4,6,8,13,16-17H,3,5,7,9-10H2,1H3,(H,21,23)(H,22,25)(H,26,27)/t13-,16+,17-/m1/s1. The summed E-state index contributed by atoms with van der Waals surface area (Å²) >= 11 is 0. The molecule has 3 atom stereocenters. The summed E-state index contributed by atoms with van der Waals surface area (Å²) in [6.07, 6.45) is 1.65. The molecule has 7 nitrogen and oxygen atoms in total. The van der Waals surface area contributed by atoms with Crippen LogP contribution in [0.2, 0.25) is 0 Å². The van der Waals surface area contributed by atoms with E-state index in [4.69, 9.17) is 0 Å². The van der Waals surface area contributed by atoms with Crippen LogP contribution in [0.3, 0.4) is 0 Å². The number of ketones is 1. The van der Waals surface area contributed by atoms with Crippen LogP contribution in [0.5, 0.6) is 0 Å². The van der Waals surface area contributed by atoms with Crippen molar-refractivity contribution in [3.05, 3.63) is 35.6 Å². The lowest BCUT2D eigenvalue weighted by atomic mass is 9.83. The van der Waals surface area contributed by atoms with E-state index in [1.165, 1.54) is 25.1 Å².